The van der Waals surface area contributed by atoms with Crippen molar-refractivity contribution in [3.63, 3.8) is 0 Å². The molecule has 0 amide bonds. The standard InChI is InChI=1S/C10H6ClF4N3/c11-9-1-8(12)7(3-16-9)6-2-17-18(4-6)5-10(13,14)15/h1-4H,5H2. The quantitative estimate of drug-likeness (QED) is 0.624. The number of hydrogen-bond donors (Lipinski definition) is 0. The summed E-state index contributed by atoms with van der Waals surface area (Å²) in [6.45, 7) is -1.23. The van der Waals surface area contributed by atoms with Crippen molar-refractivity contribution in [3.05, 3.63) is 35.6 Å². The molecule has 0 bridgehead atoms. The number of rotatable bonds is 2. The van der Waals surface area contributed by atoms with Crippen molar-refractivity contribution in [1.29, 1.82) is 0 Å². The average Bonchev–Trinajstić information content (AvgIpc) is 2.63. The molecule has 96 valence electrons. The van der Waals surface area contributed by atoms with E-state index >= 15 is 0 Å². The number of pyridine rings is 1. The summed E-state index contributed by atoms with van der Waals surface area (Å²) in [5.74, 6) is -0.665. The number of alkyl halides is 3. The molecule has 2 aromatic heterocycles. The zero-order valence-electron chi connectivity index (χ0n) is 8.75. The van der Waals surface area contributed by atoms with Crippen LogP contribution in [0, 0.1) is 5.82 Å². The van der Waals surface area contributed by atoms with E-state index in [2.05, 4.69) is 10.1 Å². The third kappa shape index (κ3) is 2.98. The molecule has 0 fully saturated rings. The normalized spacial score (nSPS) is 11.8. The molecule has 0 saturated carbocycles. The van der Waals surface area contributed by atoms with Gasteiger partial charge in [0, 0.05) is 29.6 Å². The van der Waals surface area contributed by atoms with Crippen molar-refractivity contribution in [2.24, 2.45) is 0 Å². The molecule has 0 N–H and O–H groups in total. The van der Waals surface area contributed by atoms with Gasteiger partial charge in [-0.25, -0.2) is 9.37 Å². The van der Waals surface area contributed by atoms with Gasteiger partial charge in [0.1, 0.15) is 17.5 Å². The van der Waals surface area contributed by atoms with Gasteiger partial charge in [-0.2, -0.15) is 18.3 Å². The van der Waals surface area contributed by atoms with Crippen molar-refractivity contribution < 1.29 is 17.6 Å². The topological polar surface area (TPSA) is 30.7 Å². The van der Waals surface area contributed by atoms with Crippen LogP contribution in [0.3, 0.4) is 0 Å². The number of halogens is 5. The Morgan fingerprint density at radius 3 is 2.61 bits per heavy atom. The molecule has 0 aliphatic heterocycles. The third-order valence-corrected chi connectivity index (χ3v) is 2.31. The van der Waals surface area contributed by atoms with Gasteiger partial charge >= 0.3 is 6.18 Å². The Morgan fingerprint density at radius 2 is 2.00 bits per heavy atom. The van der Waals surface area contributed by atoms with Gasteiger partial charge in [-0.1, -0.05) is 11.6 Å². The number of nitrogens with zero attached hydrogens (tertiary/aromatic N) is 3. The molecule has 0 spiro atoms. The van der Waals surface area contributed by atoms with E-state index in [1.165, 1.54) is 0 Å². The van der Waals surface area contributed by atoms with Crippen LogP contribution in [0.1, 0.15) is 0 Å². The van der Waals surface area contributed by atoms with Crippen molar-refractivity contribution in [1.82, 2.24) is 14.8 Å². The van der Waals surface area contributed by atoms with Gasteiger partial charge in [0.05, 0.1) is 6.20 Å². The lowest BCUT2D eigenvalue weighted by Crippen LogP contribution is -2.17. The highest BCUT2D eigenvalue weighted by atomic mass is 35.5. The van der Waals surface area contributed by atoms with E-state index in [-0.39, 0.29) is 16.3 Å². The van der Waals surface area contributed by atoms with Gasteiger partial charge in [0.25, 0.3) is 0 Å². The van der Waals surface area contributed by atoms with Gasteiger partial charge in [0.2, 0.25) is 0 Å². The fourth-order valence-corrected chi connectivity index (χ4v) is 1.54. The molecular weight excluding hydrogens is 274 g/mol. The monoisotopic (exact) mass is 279 g/mol. The Kier molecular flexibility index (Phi) is 3.25. The van der Waals surface area contributed by atoms with Crippen LogP contribution >= 0.6 is 11.6 Å². The van der Waals surface area contributed by atoms with Crippen molar-refractivity contribution >= 4 is 11.6 Å². The molecule has 0 aliphatic rings. The molecule has 0 saturated heterocycles. The van der Waals surface area contributed by atoms with Crippen molar-refractivity contribution in [2.75, 3.05) is 0 Å². The highest BCUT2D eigenvalue weighted by molar-refractivity contribution is 6.29. The SMILES string of the molecule is Fc1cc(Cl)ncc1-c1cnn(CC(F)(F)F)c1. The molecule has 2 aromatic rings. The fourth-order valence-electron chi connectivity index (χ4n) is 1.39. The molecule has 18 heavy (non-hydrogen) atoms. The summed E-state index contributed by atoms with van der Waals surface area (Å²) in [6, 6.07) is 0.984. The summed E-state index contributed by atoms with van der Waals surface area (Å²) in [5.41, 5.74) is 0.258. The van der Waals surface area contributed by atoms with Gasteiger partial charge < -0.3 is 0 Å². The van der Waals surface area contributed by atoms with E-state index in [0.717, 1.165) is 24.7 Å². The van der Waals surface area contributed by atoms with Crippen LogP contribution < -0.4 is 0 Å². The van der Waals surface area contributed by atoms with Crippen molar-refractivity contribution in [3.8, 4) is 11.1 Å². The molecule has 2 rings (SSSR count). The molecule has 3 nitrogen and oxygen atoms in total. The summed E-state index contributed by atoms with van der Waals surface area (Å²) in [7, 11) is 0. The lowest BCUT2D eigenvalue weighted by atomic mass is 10.1. The average molecular weight is 280 g/mol. The first kappa shape index (κ1) is 12.8. The zero-order chi connectivity index (χ0) is 13.3. The first-order valence-electron chi connectivity index (χ1n) is 4.76. The van der Waals surface area contributed by atoms with Gasteiger partial charge in [0.15, 0.2) is 0 Å². The molecule has 0 aromatic carbocycles. The minimum atomic E-state index is -4.37. The first-order valence-corrected chi connectivity index (χ1v) is 5.13. The van der Waals surface area contributed by atoms with Crippen LogP contribution in [0.2, 0.25) is 5.15 Å². The third-order valence-electron chi connectivity index (χ3n) is 2.11. The molecule has 0 unspecified atom stereocenters. The van der Waals surface area contributed by atoms with E-state index < -0.39 is 18.5 Å². The second kappa shape index (κ2) is 4.56. The maximum Gasteiger partial charge on any atom is 0.408 e. The van der Waals surface area contributed by atoms with Gasteiger partial charge in [-0.3, -0.25) is 4.68 Å². The number of hydrogen-bond acceptors (Lipinski definition) is 2. The van der Waals surface area contributed by atoms with Crippen molar-refractivity contribution in [2.45, 2.75) is 12.7 Å². The van der Waals surface area contributed by atoms with E-state index in [0.29, 0.717) is 4.68 Å². The Hall–Kier alpha value is -1.63. The predicted molar refractivity (Wildman–Crippen MR) is 56.5 cm³/mol. The number of aromatic nitrogens is 3. The summed E-state index contributed by atoms with van der Waals surface area (Å²) < 4.78 is 50.5. The van der Waals surface area contributed by atoms with E-state index in [1.807, 2.05) is 0 Å². The Morgan fingerprint density at radius 1 is 1.28 bits per heavy atom. The van der Waals surface area contributed by atoms with Crippen LogP contribution in [-0.4, -0.2) is 20.9 Å². The minimum absolute atomic E-state index is 0.0288. The van der Waals surface area contributed by atoms with E-state index in [4.69, 9.17) is 11.6 Å². The molecule has 8 heteroatoms. The highest BCUT2D eigenvalue weighted by Crippen LogP contribution is 2.24. The summed E-state index contributed by atoms with van der Waals surface area (Å²) in [4.78, 5) is 3.67. The predicted octanol–water partition coefficient (Wildman–Crippen LogP) is 3.30. The van der Waals surface area contributed by atoms with Crippen LogP contribution in [0.15, 0.2) is 24.7 Å². The molecule has 0 atom stereocenters. The lowest BCUT2D eigenvalue weighted by Gasteiger charge is -2.05. The van der Waals surface area contributed by atoms with E-state index in [9.17, 15) is 17.6 Å². The maximum absolute atomic E-state index is 13.5. The van der Waals surface area contributed by atoms with E-state index in [1.54, 1.807) is 0 Å². The largest absolute Gasteiger partial charge is 0.408 e. The Labute approximate surface area is 104 Å². The van der Waals surface area contributed by atoms with Crippen LogP contribution in [0.5, 0.6) is 0 Å². The zero-order valence-corrected chi connectivity index (χ0v) is 9.50. The molecular formula is C10H6ClF4N3. The smallest absolute Gasteiger partial charge is 0.263 e. The second-order valence-electron chi connectivity index (χ2n) is 3.53. The van der Waals surface area contributed by atoms with Crippen LogP contribution in [0.4, 0.5) is 17.6 Å². The van der Waals surface area contributed by atoms with Crippen LogP contribution in [-0.2, 0) is 6.54 Å². The molecule has 0 radical (unpaired) electrons. The van der Waals surface area contributed by atoms with Gasteiger partial charge in [-0.05, 0) is 0 Å². The Bertz CT molecular complexity index is 564. The second-order valence-corrected chi connectivity index (χ2v) is 3.92. The maximum atomic E-state index is 13.5. The minimum Gasteiger partial charge on any atom is -0.263 e. The summed E-state index contributed by atoms with van der Waals surface area (Å²) in [5, 5.41) is 3.48. The molecule has 0 aliphatic carbocycles. The molecule has 2 heterocycles. The fraction of sp³-hybridized carbons (Fsp3) is 0.200. The highest BCUT2D eigenvalue weighted by Gasteiger charge is 2.28. The van der Waals surface area contributed by atoms with Gasteiger partial charge in [-0.15, -0.1) is 0 Å². The Balaban J connectivity index is 2.29. The lowest BCUT2D eigenvalue weighted by molar-refractivity contribution is -0.142. The summed E-state index contributed by atoms with van der Waals surface area (Å²) in [6.07, 6.45) is -0.992. The summed E-state index contributed by atoms with van der Waals surface area (Å²) >= 11 is 5.48. The first-order chi connectivity index (χ1) is 8.35. The van der Waals surface area contributed by atoms with Crippen LogP contribution in [0.25, 0.3) is 11.1 Å².